The van der Waals surface area contributed by atoms with Crippen LogP contribution in [0.3, 0.4) is 0 Å². The van der Waals surface area contributed by atoms with Crippen molar-refractivity contribution >= 4 is 21.7 Å². The van der Waals surface area contributed by atoms with E-state index >= 15 is 0 Å². The second kappa shape index (κ2) is 9.56. The van der Waals surface area contributed by atoms with Gasteiger partial charge in [0.25, 0.3) is 0 Å². The summed E-state index contributed by atoms with van der Waals surface area (Å²) in [7, 11) is -4.82. The molecule has 2 saturated carbocycles. The van der Waals surface area contributed by atoms with Crippen LogP contribution in [-0.4, -0.2) is 29.3 Å². The first-order chi connectivity index (χ1) is 16.7. The van der Waals surface area contributed by atoms with E-state index in [4.69, 9.17) is 0 Å². The molecule has 0 N–H and O–H groups in total. The highest BCUT2D eigenvalue weighted by molar-refractivity contribution is 7.88. The highest BCUT2D eigenvalue weighted by atomic mass is 127. The summed E-state index contributed by atoms with van der Waals surface area (Å²) in [4.78, 5) is 23.6. The lowest BCUT2D eigenvalue weighted by molar-refractivity contribution is -0.597. The molecular formula is C30H39IO5S. The topological polar surface area (TPSA) is 91.3 Å². The zero-order valence-corrected chi connectivity index (χ0v) is 26.3. The molecule has 2 bridgehead atoms. The number of carbonyl (C=O) groups is 2. The van der Waals surface area contributed by atoms with Crippen LogP contribution in [-0.2, 0) is 30.5 Å². The first-order valence-electron chi connectivity index (χ1n) is 12.6. The minimum atomic E-state index is -4.82. The smallest absolute Gasteiger partial charge is 0.357 e. The summed E-state index contributed by atoms with van der Waals surface area (Å²) >= 11 is -0.0703. The predicted molar refractivity (Wildman–Crippen MR) is 141 cm³/mol. The molecule has 0 heterocycles. The molecule has 7 heteroatoms. The van der Waals surface area contributed by atoms with E-state index in [0.29, 0.717) is 0 Å². The Balaban J connectivity index is 0.000000213. The van der Waals surface area contributed by atoms with Crippen molar-refractivity contribution in [3.8, 4) is 0 Å². The molecule has 202 valence electrons. The zero-order valence-electron chi connectivity index (χ0n) is 23.4. The predicted octanol–water partition coefficient (Wildman–Crippen LogP) is 2.66. The van der Waals surface area contributed by atoms with Gasteiger partial charge in [-0.2, -0.15) is 0 Å². The molecule has 0 aliphatic heterocycles. The number of rotatable bonds is 3. The van der Waals surface area contributed by atoms with E-state index in [1.165, 1.54) is 32.1 Å². The third-order valence-corrected chi connectivity index (χ3v) is 12.9. The number of benzene rings is 2. The zero-order chi connectivity index (χ0) is 28.2. The Morgan fingerprint density at radius 3 is 1.32 bits per heavy atom. The van der Waals surface area contributed by atoms with E-state index in [9.17, 15) is 22.6 Å². The third-order valence-electron chi connectivity index (χ3n) is 8.51. The molecular weight excluding hydrogens is 599 g/mol. The fourth-order valence-corrected chi connectivity index (χ4v) is 9.11. The Hall–Kier alpha value is -1.58. The van der Waals surface area contributed by atoms with Crippen LogP contribution in [0.4, 0.5) is 0 Å². The minimum Gasteiger partial charge on any atom is -0.747 e. The molecule has 0 saturated heterocycles. The Morgan fingerprint density at radius 1 is 0.703 bits per heavy atom. The van der Waals surface area contributed by atoms with E-state index in [1.807, 2.05) is 0 Å². The molecule has 2 aliphatic carbocycles. The number of ketones is 2. The lowest BCUT2D eigenvalue weighted by Gasteiger charge is -2.39. The lowest BCUT2D eigenvalue weighted by Crippen LogP contribution is -3.61. The minimum absolute atomic E-state index is 0.0348. The maximum absolute atomic E-state index is 11.8. The second-order valence-corrected chi connectivity index (χ2v) is 17.6. The number of Topliss-reactive ketones (excluding diaryl/α,β-unsaturated/α-hetero) is 2. The van der Waals surface area contributed by atoms with Gasteiger partial charge in [0, 0.05) is 10.8 Å². The molecule has 5 nitrogen and oxygen atoms in total. The molecule has 0 aromatic heterocycles. The Labute approximate surface area is 232 Å². The molecule has 0 spiro atoms. The van der Waals surface area contributed by atoms with E-state index in [-0.39, 0.29) is 44.9 Å². The van der Waals surface area contributed by atoms with Crippen molar-refractivity contribution in [3.05, 3.63) is 66.8 Å². The van der Waals surface area contributed by atoms with Gasteiger partial charge >= 0.3 is 21.2 Å². The van der Waals surface area contributed by atoms with Crippen LogP contribution >= 0.6 is 0 Å². The maximum atomic E-state index is 11.8. The second-order valence-electron chi connectivity index (χ2n) is 13.0. The van der Waals surface area contributed by atoms with Crippen LogP contribution < -0.4 is 21.2 Å². The third kappa shape index (κ3) is 5.08. The van der Waals surface area contributed by atoms with Crippen LogP contribution in [0.15, 0.2) is 48.5 Å². The van der Waals surface area contributed by atoms with Gasteiger partial charge in [0.2, 0.25) is 11.6 Å². The van der Waals surface area contributed by atoms with Gasteiger partial charge in [0.15, 0.2) is 7.14 Å². The molecule has 0 radical (unpaired) electrons. The fraction of sp³-hybridized carbons (Fsp3) is 0.533. The number of carbonyl (C=O) groups excluding carboxylic acids is 2. The quantitative estimate of drug-likeness (QED) is 0.293. The summed E-state index contributed by atoms with van der Waals surface area (Å²) < 4.78 is 35.1. The van der Waals surface area contributed by atoms with Gasteiger partial charge < -0.3 is 4.55 Å². The molecule has 4 rings (SSSR count). The van der Waals surface area contributed by atoms with Crippen molar-refractivity contribution < 1.29 is 43.8 Å². The van der Waals surface area contributed by atoms with Gasteiger partial charge in [-0.1, -0.05) is 86.6 Å². The molecule has 0 amide bonds. The van der Waals surface area contributed by atoms with Gasteiger partial charge in [0.05, 0.1) is 0 Å². The average molecular weight is 639 g/mol. The Morgan fingerprint density at radius 2 is 1.08 bits per heavy atom. The first-order valence-corrected chi connectivity index (χ1v) is 16.2. The summed E-state index contributed by atoms with van der Waals surface area (Å²) in [5, 5.41) is 0. The number of hydrogen-bond acceptors (Lipinski definition) is 5. The van der Waals surface area contributed by atoms with E-state index in [2.05, 4.69) is 90.1 Å². The molecule has 2 atom stereocenters. The highest BCUT2D eigenvalue weighted by Gasteiger charge is 2.77. The number of fused-ring (bicyclic) bond motifs is 2. The van der Waals surface area contributed by atoms with E-state index in [0.717, 1.165) is 0 Å². The standard InChI is InChI=1S/C20H26I.C10H14O5S/c1-19(2,3)15-7-11-17(12-8-15)21-18-13-9-16(10-14-18)20(4,5)6;1-8(2)9(3)4-5-10(8,16(13,14)15)7(12)6(9)11/h7-14H,1-6H3;4-5H2,1-3H3,(H,13,14,15)/q+1;/p-1. The van der Waals surface area contributed by atoms with Crippen LogP contribution in [0.2, 0.25) is 0 Å². The van der Waals surface area contributed by atoms with Crippen molar-refractivity contribution in [3.63, 3.8) is 0 Å². The van der Waals surface area contributed by atoms with Crippen LogP contribution in [0, 0.1) is 18.0 Å². The average Bonchev–Trinajstić information content (AvgIpc) is 3.05. The van der Waals surface area contributed by atoms with Crippen molar-refractivity contribution in [2.45, 2.75) is 90.7 Å². The van der Waals surface area contributed by atoms with Crippen molar-refractivity contribution in [2.75, 3.05) is 0 Å². The Kier molecular flexibility index (Phi) is 7.74. The largest absolute Gasteiger partial charge is 0.747 e. The first kappa shape index (κ1) is 30.0. The van der Waals surface area contributed by atoms with Gasteiger partial charge in [-0.3, -0.25) is 9.59 Å². The molecule has 2 aliphatic rings. The van der Waals surface area contributed by atoms with Crippen LogP contribution in [0.25, 0.3) is 0 Å². The number of halogens is 1. The molecule has 2 aromatic rings. The normalized spacial score (nSPS) is 25.1. The molecule has 2 fully saturated rings. The maximum Gasteiger partial charge on any atom is 0.357 e. The van der Waals surface area contributed by atoms with E-state index < -0.39 is 37.3 Å². The van der Waals surface area contributed by atoms with Gasteiger partial charge in [-0.15, -0.1) is 0 Å². The van der Waals surface area contributed by atoms with Crippen LogP contribution in [0.5, 0.6) is 0 Å². The lowest BCUT2D eigenvalue weighted by atomic mass is 9.70. The van der Waals surface area contributed by atoms with Gasteiger partial charge in [-0.05, 0) is 59.1 Å². The number of hydrogen-bond donors (Lipinski definition) is 0. The summed E-state index contributed by atoms with van der Waals surface area (Å²) in [6.45, 7) is 18.2. The SMILES string of the molecule is CC(C)(C)c1ccc([I+]c2ccc(C(C)(C)C)cc2)cc1.CC12CCC(S(=O)(=O)[O-])(C(=O)C1=O)C2(C)C. The van der Waals surface area contributed by atoms with Gasteiger partial charge in [-0.25, -0.2) is 8.42 Å². The van der Waals surface area contributed by atoms with Crippen molar-refractivity contribution in [2.24, 2.45) is 10.8 Å². The fourth-order valence-electron chi connectivity index (χ4n) is 5.43. The molecule has 2 unspecified atom stereocenters. The Bertz CT molecular complexity index is 1240. The summed E-state index contributed by atoms with van der Waals surface area (Å²) in [6.07, 6.45) is 0.249. The molecule has 2 aromatic carbocycles. The van der Waals surface area contributed by atoms with Crippen LogP contribution in [0.1, 0.15) is 86.3 Å². The summed E-state index contributed by atoms with van der Waals surface area (Å²) in [5.41, 5.74) is 1.18. The summed E-state index contributed by atoms with van der Waals surface area (Å²) in [6, 6.07) is 18.4. The highest BCUT2D eigenvalue weighted by Crippen LogP contribution is 2.66. The van der Waals surface area contributed by atoms with Crippen molar-refractivity contribution in [1.29, 1.82) is 0 Å². The summed E-state index contributed by atoms with van der Waals surface area (Å²) in [5.74, 6) is -1.72. The molecule has 37 heavy (non-hydrogen) atoms. The van der Waals surface area contributed by atoms with Gasteiger partial charge in [0.1, 0.15) is 14.9 Å². The van der Waals surface area contributed by atoms with E-state index in [1.54, 1.807) is 6.92 Å². The monoisotopic (exact) mass is 638 g/mol. The van der Waals surface area contributed by atoms with Crippen molar-refractivity contribution in [1.82, 2.24) is 0 Å².